The van der Waals surface area contributed by atoms with Crippen LogP contribution >= 0.6 is 0 Å². The van der Waals surface area contributed by atoms with Crippen LogP contribution in [0, 0.1) is 5.92 Å². The van der Waals surface area contributed by atoms with E-state index in [2.05, 4.69) is 0 Å². The van der Waals surface area contributed by atoms with Crippen LogP contribution in [0.25, 0.3) is 0 Å². The Morgan fingerprint density at radius 2 is 1.82 bits per heavy atom. The fourth-order valence-electron chi connectivity index (χ4n) is 1.39. The van der Waals surface area contributed by atoms with Gasteiger partial charge in [-0.05, 0) is 18.8 Å². The van der Waals surface area contributed by atoms with Crippen molar-refractivity contribution in [2.24, 2.45) is 5.92 Å². The van der Waals surface area contributed by atoms with Crippen LogP contribution in [0.2, 0.25) is 0 Å². The first-order valence-electron chi connectivity index (χ1n) is 5.72. The zero-order valence-electron chi connectivity index (χ0n) is 10.4. The Bertz CT molecular complexity index is 291. The van der Waals surface area contributed by atoms with Gasteiger partial charge >= 0.3 is 0 Å². The van der Waals surface area contributed by atoms with Crippen molar-refractivity contribution in [3.05, 3.63) is 0 Å². The van der Waals surface area contributed by atoms with E-state index in [1.165, 1.54) is 0 Å². The first kappa shape index (κ1) is 16.8. The van der Waals surface area contributed by atoms with Crippen LogP contribution in [0.4, 0.5) is 0 Å². The van der Waals surface area contributed by atoms with Gasteiger partial charge in [0, 0.05) is 18.8 Å². The standard InChI is InChI=1S/C10H23NO5S/c1-9(2)3-5-11(6-7-12)10(13)4-8-17(14,15)16/h9-10,12-13H,3-8H2,1-2H3,(H,14,15,16)/p-1. The fourth-order valence-corrected chi connectivity index (χ4v) is 1.89. The number of aliphatic hydroxyl groups excluding tert-OH is 2. The molecule has 0 aromatic heterocycles. The topological polar surface area (TPSA) is 101 Å². The zero-order chi connectivity index (χ0) is 13.5. The van der Waals surface area contributed by atoms with E-state index in [0.29, 0.717) is 12.5 Å². The summed E-state index contributed by atoms with van der Waals surface area (Å²) in [5.74, 6) is -0.135. The predicted octanol–water partition coefficient (Wildman–Crippen LogP) is -0.419. The molecule has 0 aliphatic heterocycles. The average Bonchev–Trinajstić information content (AvgIpc) is 2.19. The van der Waals surface area contributed by atoms with Crippen molar-refractivity contribution in [1.29, 1.82) is 0 Å². The maximum atomic E-state index is 10.4. The van der Waals surface area contributed by atoms with Crippen LogP contribution in [0.5, 0.6) is 0 Å². The molecule has 17 heavy (non-hydrogen) atoms. The van der Waals surface area contributed by atoms with Gasteiger partial charge in [-0.25, -0.2) is 8.42 Å². The lowest BCUT2D eigenvalue weighted by Crippen LogP contribution is -2.39. The van der Waals surface area contributed by atoms with Crippen molar-refractivity contribution in [2.75, 3.05) is 25.4 Å². The minimum absolute atomic E-state index is 0.112. The molecule has 0 rings (SSSR count). The van der Waals surface area contributed by atoms with Gasteiger partial charge in [0.25, 0.3) is 0 Å². The van der Waals surface area contributed by atoms with E-state index in [-0.39, 0.29) is 19.6 Å². The molecule has 0 saturated heterocycles. The van der Waals surface area contributed by atoms with Gasteiger partial charge in [-0.1, -0.05) is 13.8 Å². The third-order valence-electron chi connectivity index (χ3n) is 2.43. The van der Waals surface area contributed by atoms with Crippen molar-refractivity contribution in [1.82, 2.24) is 4.90 Å². The van der Waals surface area contributed by atoms with Crippen LogP contribution in [0.15, 0.2) is 0 Å². The van der Waals surface area contributed by atoms with Crippen molar-refractivity contribution in [2.45, 2.75) is 32.9 Å². The van der Waals surface area contributed by atoms with Crippen molar-refractivity contribution < 1.29 is 23.2 Å². The maximum absolute atomic E-state index is 10.4. The lowest BCUT2D eigenvalue weighted by molar-refractivity contribution is -0.00977. The number of hydrogen-bond donors (Lipinski definition) is 2. The molecule has 1 unspecified atom stereocenters. The van der Waals surface area contributed by atoms with Crippen LogP contribution in [-0.4, -0.2) is 59.8 Å². The van der Waals surface area contributed by atoms with E-state index in [1.807, 2.05) is 13.8 Å². The minimum Gasteiger partial charge on any atom is -0.748 e. The highest BCUT2D eigenvalue weighted by molar-refractivity contribution is 7.85. The molecule has 2 N–H and O–H groups in total. The maximum Gasteiger partial charge on any atom is 0.108 e. The number of rotatable bonds is 9. The molecular formula is C10H22NO5S-. The van der Waals surface area contributed by atoms with Crippen LogP contribution < -0.4 is 0 Å². The Kier molecular flexibility index (Phi) is 7.89. The first-order valence-corrected chi connectivity index (χ1v) is 7.30. The second-order valence-electron chi connectivity index (χ2n) is 4.47. The summed E-state index contributed by atoms with van der Waals surface area (Å²) in [4.78, 5) is 1.59. The van der Waals surface area contributed by atoms with E-state index in [9.17, 15) is 18.1 Å². The summed E-state index contributed by atoms with van der Waals surface area (Å²) in [5.41, 5.74) is 0. The summed E-state index contributed by atoms with van der Waals surface area (Å²) in [6, 6.07) is 0. The number of aliphatic hydroxyl groups is 2. The molecule has 7 heteroatoms. The quantitative estimate of drug-likeness (QED) is 0.435. The van der Waals surface area contributed by atoms with E-state index < -0.39 is 22.1 Å². The minimum atomic E-state index is -4.30. The van der Waals surface area contributed by atoms with Gasteiger partial charge in [0.2, 0.25) is 0 Å². The molecule has 0 fully saturated rings. The first-order chi connectivity index (χ1) is 7.76. The van der Waals surface area contributed by atoms with E-state index >= 15 is 0 Å². The molecule has 0 aliphatic carbocycles. The second kappa shape index (κ2) is 7.99. The third kappa shape index (κ3) is 9.49. The van der Waals surface area contributed by atoms with Gasteiger partial charge in [0.1, 0.15) is 6.23 Å². The van der Waals surface area contributed by atoms with Crippen molar-refractivity contribution >= 4 is 10.1 Å². The molecule has 0 heterocycles. The van der Waals surface area contributed by atoms with E-state index in [0.717, 1.165) is 6.42 Å². The molecule has 0 amide bonds. The molecule has 0 bridgehead atoms. The summed E-state index contributed by atoms with van der Waals surface area (Å²) in [7, 11) is -4.30. The molecular weight excluding hydrogens is 246 g/mol. The molecule has 104 valence electrons. The summed E-state index contributed by atoms with van der Waals surface area (Å²) in [6.07, 6.45) is -0.282. The highest BCUT2D eigenvalue weighted by Gasteiger charge is 2.16. The summed E-state index contributed by atoms with van der Waals surface area (Å²) in [6.45, 7) is 4.79. The van der Waals surface area contributed by atoms with Gasteiger partial charge in [-0.3, -0.25) is 4.90 Å². The van der Waals surface area contributed by atoms with Crippen LogP contribution in [-0.2, 0) is 10.1 Å². The highest BCUT2D eigenvalue weighted by atomic mass is 32.2. The Labute approximate surface area is 103 Å². The molecule has 0 radical (unpaired) electrons. The second-order valence-corrected chi connectivity index (χ2v) is 6.00. The largest absolute Gasteiger partial charge is 0.748 e. The monoisotopic (exact) mass is 268 g/mol. The lowest BCUT2D eigenvalue weighted by atomic mass is 10.1. The zero-order valence-corrected chi connectivity index (χ0v) is 11.2. The summed E-state index contributed by atoms with van der Waals surface area (Å²) >= 11 is 0. The van der Waals surface area contributed by atoms with Gasteiger partial charge < -0.3 is 14.8 Å². The smallest absolute Gasteiger partial charge is 0.108 e. The SMILES string of the molecule is CC(C)CCN(CCO)C(O)CCS(=O)(=O)[O-]. The fraction of sp³-hybridized carbons (Fsp3) is 1.00. The predicted molar refractivity (Wildman–Crippen MR) is 63.3 cm³/mol. The van der Waals surface area contributed by atoms with Gasteiger partial charge in [-0.15, -0.1) is 0 Å². The van der Waals surface area contributed by atoms with E-state index in [4.69, 9.17) is 5.11 Å². The van der Waals surface area contributed by atoms with Crippen molar-refractivity contribution in [3.63, 3.8) is 0 Å². The summed E-state index contributed by atoms with van der Waals surface area (Å²) < 4.78 is 31.3. The Balaban J connectivity index is 4.18. The van der Waals surface area contributed by atoms with Gasteiger partial charge in [-0.2, -0.15) is 0 Å². The van der Waals surface area contributed by atoms with Crippen LogP contribution in [0.1, 0.15) is 26.7 Å². The van der Waals surface area contributed by atoms with Gasteiger partial charge in [0.05, 0.1) is 16.7 Å². The normalized spacial score (nSPS) is 14.5. The Hall–Kier alpha value is -0.210. The highest BCUT2D eigenvalue weighted by Crippen LogP contribution is 2.07. The Morgan fingerprint density at radius 3 is 2.24 bits per heavy atom. The lowest BCUT2D eigenvalue weighted by Gasteiger charge is -2.28. The van der Waals surface area contributed by atoms with E-state index in [1.54, 1.807) is 4.90 Å². The molecule has 0 spiro atoms. The van der Waals surface area contributed by atoms with Crippen LogP contribution in [0.3, 0.4) is 0 Å². The molecule has 6 nitrogen and oxygen atoms in total. The summed E-state index contributed by atoms with van der Waals surface area (Å²) in [5, 5.41) is 18.6. The molecule has 0 aliphatic rings. The average molecular weight is 268 g/mol. The molecule has 1 atom stereocenters. The molecule has 0 aromatic carbocycles. The Morgan fingerprint density at radius 1 is 1.24 bits per heavy atom. The molecule has 0 saturated carbocycles. The van der Waals surface area contributed by atoms with Crippen molar-refractivity contribution in [3.8, 4) is 0 Å². The third-order valence-corrected chi connectivity index (χ3v) is 3.16. The number of nitrogens with zero attached hydrogens (tertiary/aromatic N) is 1. The number of hydrogen-bond acceptors (Lipinski definition) is 6. The van der Waals surface area contributed by atoms with Gasteiger partial charge in [0.15, 0.2) is 0 Å². The molecule has 0 aromatic rings.